The Morgan fingerprint density at radius 3 is 2.80 bits per heavy atom. The van der Waals surface area contributed by atoms with Crippen LogP contribution in [0.5, 0.6) is 0 Å². The van der Waals surface area contributed by atoms with Gasteiger partial charge in [0.1, 0.15) is 11.5 Å². The summed E-state index contributed by atoms with van der Waals surface area (Å²) in [7, 11) is -3.92. The minimum Gasteiger partial charge on any atom is -0.339 e. The van der Waals surface area contributed by atoms with Gasteiger partial charge in [-0.1, -0.05) is 29.0 Å². The minimum atomic E-state index is -3.92. The molecule has 162 valence electrons. The van der Waals surface area contributed by atoms with E-state index >= 15 is 0 Å². The van der Waals surface area contributed by atoms with Crippen LogP contribution in [0.25, 0.3) is 10.2 Å². The van der Waals surface area contributed by atoms with Crippen molar-refractivity contribution in [1.82, 2.24) is 9.47 Å². The third-order valence-electron chi connectivity index (χ3n) is 4.99. The van der Waals surface area contributed by atoms with Crippen LogP contribution in [-0.2, 0) is 26.0 Å². The van der Waals surface area contributed by atoms with Crippen molar-refractivity contribution in [1.29, 1.82) is 0 Å². The summed E-state index contributed by atoms with van der Waals surface area (Å²) >= 11 is 7.28. The highest BCUT2D eigenvalue weighted by Gasteiger charge is 2.28. The van der Waals surface area contributed by atoms with E-state index in [0.29, 0.717) is 22.9 Å². The van der Waals surface area contributed by atoms with Crippen LogP contribution in [0.4, 0.5) is 0 Å². The summed E-state index contributed by atoms with van der Waals surface area (Å²) in [5.74, 6) is -2.73. The lowest BCUT2D eigenvalue weighted by Gasteiger charge is -2.33. The molecule has 2 aromatic rings. The molecule has 0 radical (unpaired) electrons. The van der Waals surface area contributed by atoms with E-state index in [9.17, 15) is 18.0 Å². The van der Waals surface area contributed by atoms with Crippen molar-refractivity contribution in [3.05, 3.63) is 40.7 Å². The lowest BCUT2D eigenvalue weighted by Crippen LogP contribution is -2.45. The normalized spacial score (nSPS) is 18.0. The number of nitrogens with zero attached hydrogens (tertiary/aromatic N) is 3. The van der Waals surface area contributed by atoms with E-state index in [-0.39, 0.29) is 6.04 Å². The first-order valence-electron chi connectivity index (χ1n) is 9.67. The van der Waals surface area contributed by atoms with Crippen LogP contribution in [0.2, 0.25) is 5.02 Å². The van der Waals surface area contributed by atoms with Gasteiger partial charge in [-0.2, -0.15) is 4.99 Å². The van der Waals surface area contributed by atoms with Crippen LogP contribution in [0, 0.1) is 0 Å². The zero-order valence-electron chi connectivity index (χ0n) is 16.7. The second-order valence-corrected chi connectivity index (χ2v) is 10.9. The largest absolute Gasteiger partial charge is 0.339 e. The summed E-state index contributed by atoms with van der Waals surface area (Å²) in [6, 6.07) is 5.33. The molecule has 30 heavy (non-hydrogen) atoms. The minimum absolute atomic E-state index is 0.0186. The average molecular weight is 470 g/mol. The maximum atomic E-state index is 12.5. The molecule has 0 aliphatic carbocycles. The van der Waals surface area contributed by atoms with Gasteiger partial charge in [-0.25, -0.2) is 8.42 Å². The fourth-order valence-electron chi connectivity index (χ4n) is 3.56. The molecule has 3 rings (SSSR count). The van der Waals surface area contributed by atoms with Crippen molar-refractivity contribution >= 4 is 54.8 Å². The van der Waals surface area contributed by atoms with E-state index in [4.69, 9.17) is 11.6 Å². The number of carbonyl (C=O) groups excluding carboxylic acids is 2. The van der Waals surface area contributed by atoms with Crippen LogP contribution in [-0.4, -0.2) is 53.8 Å². The smallest absolute Gasteiger partial charge is 0.263 e. The summed E-state index contributed by atoms with van der Waals surface area (Å²) in [5.41, 5.74) is 0.827. The summed E-state index contributed by atoms with van der Waals surface area (Å²) in [6.07, 6.45) is 4.42. The van der Waals surface area contributed by atoms with Gasteiger partial charge >= 0.3 is 0 Å². The lowest BCUT2D eigenvalue weighted by atomic mass is 10.0. The van der Waals surface area contributed by atoms with Gasteiger partial charge in [0.15, 0.2) is 14.6 Å². The zero-order chi connectivity index (χ0) is 21.9. The Morgan fingerprint density at radius 2 is 2.10 bits per heavy atom. The molecule has 1 atom stereocenters. The molecule has 0 bridgehead atoms. The summed E-state index contributed by atoms with van der Waals surface area (Å²) < 4.78 is 27.5. The topological polar surface area (TPSA) is 88.8 Å². The number of rotatable bonds is 6. The standard InChI is InChI=1S/C20H24ClN3O4S2/c1-3-9-24-16-8-7-15(21)11-17(16)29-20(24)22-18(25)12-30(27,28)13-19(26)23-10-5-4-6-14(23)2/h3,7-8,11,14H,1,4-6,9-10,12-13H2,2H3. The fraction of sp³-hybridized carbons (Fsp3) is 0.450. The first-order chi connectivity index (χ1) is 14.2. The Hall–Kier alpha value is -1.97. The van der Waals surface area contributed by atoms with E-state index in [1.165, 1.54) is 11.3 Å². The van der Waals surface area contributed by atoms with Gasteiger partial charge in [-0.15, -0.1) is 6.58 Å². The number of piperidine rings is 1. The van der Waals surface area contributed by atoms with Gasteiger partial charge in [0.2, 0.25) is 5.91 Å². The third kappa shape index (κ3) is 5.39. The van der Waals surface area contributed by atoms with Crippen LogP contribution in [0.1, 0.15) is 26.2 Å². The van der Waals surface area contributed by atoms with Crippen molar-refractivity contribution in [3.63, 3.8) is 0 Å². The number of benzene rings is 1. The van der Waals surface area contributed by atoms with E-state index in [2.05, 4.69) is 11.6 Å². The molecule has 0 saturated carbocycles. The average Bonchev–Trinajstić information content (AvgIpc) is 2.97. The molecule has 1 aromatic heterocycles. The molecule has 2 heterocycles. The van der Waals surface area contributed by atoms with Crippen molar-refractivity contribution in [3.8, 4) is 0 Å². The molecule has 1 aromatic carbocycles. The summed E-state index contributed by atoms with van der Waals surface area (Å²) in [4.78, 5) is 30.8. The number of sulfone groups is 1. The van der Waals surface area contributed by atoms with Crippen molar-refractivity contribution < 1.29 is 18.0 Å². The maximum absolute atomic E-state index is 12.5. The van der Waals surface area contributed by atoms with Crippen LogP contribution in [0.15, 0.2) is 35.8 Å². The second-order valence-electron chi connectivity index (χ2n) is 7.37. The number of aromatic nitrogens is 1. The highest BCUT2D eigenvalue weighted by atomic mass is 35.5. The van der Waals surface area contributed by atoms with Gasteiger partial charge < -0.3 is 9.47 Å². The van der Waals surface area contributed by atoms with Gasteiger partial charge in [0.25, 0.3) is 5.91 Å². The fourth-order valence-corrected chi connectivity index (χ4v) is 5.97. The monoisotopic (exact) mass is 469 g/mol. The van der Waals surface area contributed by atoms with Gasteiger partial charge in [0, 0.05) is 24.2 Å². The maximum Gasteiger partial charge on any atom is 0.263 e. The van der Waals surface area contributed by atoms with Crippen molar-refractivity contribution in [2.24, 2.45) is 4.99 Å². The Morgan fingerprint density at radius 1 is 1.33 bits per heavy atom. The molecule has 1 saturated heterocycles. The number of allylic oxidation sites excluding steroid dienone is 1. The predicted molar refractivity (Wildman–Crippen MR) is 119 cm³/mol. The molecule has 1 fully saturated rings. The Bertz CT molecular complexity index is 1150. The molecule has 1 aliphatic rings. The van der Waals surface area contributed by atoms with E-state index < -0.39 is 33.2 Å². The number of fused-ring (bicyclic) bond motifs is 1. The van der Waals surface area contributed by atoms with Gasteiger partial charge in [-0.05, 0) is 44.4 Å². The molecule has 10 heteroatoms. The SMILES string of the molecule is C=CCn1c(=NC(=O)CS(=O)(=O)CC(=O)N2CCCCC2C)sc2cc(Cl)ccc21. The number of amides is 2. The Kier molecular flexibility index (Phi) is 7.15. The first kappa shape index (κ1) is 22.7. The zero-order valence-corrected chi connectivity index (χ0v) is 19.1. The predicted octanol–water partition coefficient (Wildman–Crippen LogP) is 2.79. The number of hydrogen-bond donors (Lipinski definition) is 0. The first-order valence-corrected chi connectivity index (χ1v) is 12.7. The third-order valence-corrected chi connectivity index (χ3v) is 7.64. The molecule has 1 unspecified atom stereocenters. The molecule has 7 nitrogen and oxygen atoms in total. The second kappa shape index (κ2) is 9.45. The van der Waals surface area contributed by atoms with Crippen LogP contribution >= 0.6 is 22.9 Å². The highest BCUT2D eigenvalue weighted by molar-refractivity contribution is 7.92. The molecule has 1 aliphatic heterocycles. The summed E-state index contributed by atoms with van der Waals surface area (Å²) in [6.45, 7) is 6.59. The van der Waals surface area contributed by atoms with E-state index in [0.717, 1.165) is 29.5 Å². The number of carbonyl (C=O) groups is 2. The number of thiazole rings is 1. The van der Waals surface area contributed by atoms with Crippen molar-refractivity contribution in [2.45, 2.75) is 38.8 Å². The number of likely N-dealkylation sites (tertiary alicyclic amines) is 1. The van der Waals surface area contributed by atoms with E-state index in [1.54, 1.807) is 27.7 Å². The Balaban J connectivity index is 1.80. The molecular formula is C20H24ClN3O4S2. The molecule has 0 N–H and O–H groups in total. The van der Waals surface area contributed by atoms with Crippen LogP contribution in [0.3, 0.4) is 0 Å². The molecular weight excluding hydrogens is 446 g/mol. The van der Waals surface area contributed by atoms with Crippen molar-refractivity contribution in [2.75, 3.05) is 18.1 Å². The van der Waals surface area contributed by atoms with Gasteiger partial charge in [0.05, 0.1) is 10.2 Å². The molecule has 2 amide bonds. The highest BCUT2D eigenvalue weighted by Crippen LogP contribution is 2.22. The lowest BCUT2D eigenvalue weighted by molar-refractivity contribution is -0.131. The Labute approximate surface area is 184 Å². The van der Waals surface area contributed by atoms with E-state index in [1.807, 2.05) is 13.0 Å². The molecule has 0 spiro atoms. The number of hydrogen-bond acceptors (Lipinski definition) is 5. The quantitative estimate of drug-likeness (QED) is 0.608. The van der Waals surface area contributed by atoms with Gasteiger partial charge in [-0.3, -0.25) is 9.59 Å². The van der Waals surface area contributed by atoms with Crippen LogP contribution < -0.4 is 4.80 Å². The summed E-state index contributed by atoms with van der Waals surface area (Å²) in [5, 5.41) is 0.556. The number of halogens is 1.